The number of aryl methyl sites for hydroxylation is 2. The number of Topliss-reactive ketones (excluding diaryl/α,β-unsaturated/α-hetero) is 1. The van der Waals surface area contributed by atoms with Gasteiger partial charge in [0.1, 0.15) is 5.75 Å². The molecule has 0 radical (unpaired) electrons. The first-order valence-corrected chi connectivity index (χ1v) is 7.63. The smallest absolute Gasteiger partial charge is 0.340 e. The average Bonchev–Trinajstić information content (AvgIpc) is 2.93. The molecule has 3 aromatic rings. The maximum absolute atomic E-state index is 12.2. The summed E-state index contributed by atoms with van der Waals surface area (Å²) in [7, 11) is 3.31. The van der Waals surface area contributed by atoms with Gasteiger partial charge < -0.3 is 9.47 Å². The van der Waals surface area contributed by atoms with E-state index in [1.165, 1.54) is 13.3 Å². The van der Waals surface area contributed by atoms with E-state index in [4.69, 9.17) is 9.47 Å². The molecule has 3 rings (SSSR count). The zero-order valence-electron chi connectivity index (χ0n) is 14.1. The van der Waals surface area contributed by atoms with Crippen molar-refractivity contribution >= 4 is 22.8 Å². The van der Waals surface area contributed by atoms with Crippen LogP contribution in [0.3, 0.4) is 0 Å². The third kappa shape index (κ3) is 3.35. The highest BCUT2D eigenvalue weighted by Crippen LogP contribution is 2.17. The van der Waals surface area contributed by atoms with Crippen LogP contribution in [-0.4, -0.2) is 40.2 Å². The van der Waals surface area contributed by atoms with Crippen LogP contribution in [0.5, 0.6) is 5.75 Å². The van der Waals surface area contributed by atoms with Crippen molar-refractivity contribution in [2.75, 3.05) is 13.7 Å². The minimum absolute atomic E-state index is 0.280. The van der Waals surface area contributed by atoms with Crippen LogP contribution in [0.4, 0.5) is 0 Å². The first kappa shape index (κ1) is 16.6. The van der Waals surface area contributed by atoms with Crippen LogP contribution in [0.25, 0.3) is 11.0 Å². The third-order valence-electron chi connectivity index (χ3n) is 3.82. The largest absolute Gasteiger partial charge is 0.497 e. The van der Waals surface area contributed by atoms with Crippen LogP contribution >= 0.6 is 0 Å². The molecule has 0 amide bonds. The molecule has 0 fully saturated rings. The first-order chi connectivity index (χ1) is 12.0. The average molecular weight is 339 g/mol. The zero-order chi connectivity index (χ0) is 18.0. The van der Waals surface area contributed by atoms with Crippen molar-refractivity contribution in [1.82, 2.24) is 14.8 Å². The molecule has 0 saturated heterocycles. The molecule has 0 aliphatic carbocycles. The second-order valence-electron chi connectivity index (χ2n) is 5.54. The third-order valence-corrected chi connectivity index (χ3v) is 3.82. The predicted molar refractivity (Wildman–Crippen MR) is 90.9 cm³/mol. The molecule has 0 spiro atoms. The number of carbonyl (C=O) groups is 2. The van der Waals surface area contributed by atoms with Gasteiger partial charge in [-0.1, -0.05) is 12.1 Å². The van der Waals surface area contributed by atoms with E-state index in [1.807, 2.05) is 6.92 Å². The number of nitrogens with zero attached hydrogens (tertiary/aromatic N) is 3. The summed E-state index contributed by atoms with van der Waals surface area (Å²) < 4.78 is 11.8. The van der Waals surface area contributed by atoms with Crippen molar-refractivity contribution in [3.8, 4) is 5.75 Å². The SMILES string of the molecule is COc1cccc(C(=O)COC(=O)c2cnc3c(c2)c(C)nn3C)c1. The Kier molecular flexibility index (Phi) is 4.47. The molecule has 7 heteroatoms. The van der Waals surface area contributed by atoms with Gasteiger partial charge in [0.05, 0.1) is 18.4 Å². The quantitative estimate of drug-likeness (QED) is 0.524. The van der Waals surface area contributed by atoms with Gasteiger partial charge in [0.15, 0.2) is 18.0 Å². The van der Waals surface area contributed by atoms with E-state index in [0.717, 1.165) is 11.1 Å². The fourth-order valence-corrected chi connectivity index (χ4v) is 2.51. The summed E-state index contributed by atoms with van der Waals surface area (Å²) in [5.74, 6) is -0.341. The summed E-state index contributed by atoms with van der Waals surface area (Å²) in [6.45, 7) is 1.49. The number of hydrogen-bond acceptors (Lipinski definition) is 6. The van der Waals surface area contributed by atoms with Gasteiger partial charge in [-0.25, -0.2) is 9.78 Å². The second kappa shape index (κ2) is 6.72. The lowest BCUT2D eigenvalue weighted by Crippen LogP contribution is -2.14. The summed E-state index contributed by atoms with van der Waals surface area (Å²) >= 11 is 0. The van der Waals surface area contributed by atoms with Gasteiger partial charge in [-0.3, -0.25) is 9.48 Å². The minimum Gasteiger partial charge on any atom is -0.497 e. The fraction of sp³-hybridized carbons (Fsp3) is 0.222. The molecule has 2 aromatic heterocycles. The number of ether oxygens (including phenoxy) is 2. The first-order valence-electron chi connectivity index (χ1n) is 7.63. The molecular weight excluding hydrogens is 322 g/mol. The van der Waals surface area contributed by atoms with Crippen molar-refractivity contribution in [3.05, 3.63) is 53.3 Å². The van der Waals surface area contributed by atoms with Gasteiger partial charge in [-0.2, -0.15) is 5.10 Å². The predicted octanol–water partition coefficient (Wildman–Crippen LogP) is 2.33. The van der Waals surface area contributed by atoms with Crippen molar-refractivity contribution in [2.24, 2.45) is 7.05 Å². The molecule has 1 aromatic carbocycles. The molecule has 0 saturated carbocycles. The maximum Gasteiger partial charge on any atom is 0.340 e. The standard InChI is InChI=1S/C18H17N3O4/c1-11-15-8-13(9-19-17(15)21(2)20-11)18(23)25-10-16(22)12-5-4-6-14(7-12)24-3/h4-9H,10H2,1-3H3. The summed E-state index contributed by atoms with van der Waals surface area (Å²) in [6.07, 6.45) is 1.42. The van der Waals surface area contributed by atoms with Crippen LogP contribution in [0.2, 0.25) is 0 Å². The number of methoxy groups -OCH3 is 1. The molecular formula is C18H17N3O4. The number of fused-ring (bicyclic) bond motifs is 1. The molecule has 128 valence electrons. The van der Waals surface area contributed by atoms with Gasteiger partial charge in [-0.15, -0.1) is 0 Å². The Bertz CT molecular complexity index is 962. The van der Waals surface area contributed by atoms with E-state index in [2.05, 4.69) is 10.1 Å². The summed E-state index contributed by atoms with van der Waals surface area (Å²) in [4.78, 5) is 28.6. The highest BCUT2D eigenvalue weighted by Gasteiger charge is 2.15. The Morgan fingerprint density at radius 3 is 2.76 bits per heavy atom. The summed E-state index contributed by atoms with van der Waals surface area (Å²) in [5, 5.41) is 5.03. The molecule has 0 aliphatic rings. The Balaban J connectivity index is 1.72. The van der Waals surface area contributed by atoms with Crippen molar-refractivity contribution in [1.29, 1.82) is 0 Å². The molecule has 0 unspecified atom stereocenters. The zero-order valence-corrected chi connectivity index (χ0v) is 14.1. The highest BCUT2D eigenvalue weighted by molar-refractivity contribution is 6.00. The Morgan fingerprint density at radius 1 is 1.20 bits per heavy atom. The van der Waals surface area contributed by atoms with Crippen LogP contribution in [0.1, 0.15) is 26.4 Å². The van der Waals surface area contributed by atoms with Crippen LogP contribution < -0.4 is 4.74 Å². The Hall–Kier alpha value is -3.22. The van der Waals surface area contributed by atoms with E-state index >= 15 is 0 Å². The van der Waals surface area contributed by atoms with Crippen LogP contribution in [0.15, 0.2) is 36.5 Å². The molecule has 25 heavy (non-hydrogen) atoms. The summed E-state index contributed by atoms with van der Waals surface area (Å²) in [6, 6.07) is 8.36. The van der Waals surface area contributed by atoms with E-state index in [-0.39, 0.29) is 18.0 Å². The number of aromatic nitrogens is 3. The van der Waals surface area contributed by atoms with Crippen LogP contribution in [0, 0.1) is 6.92 Å². The topological polar surface area (TPSA) is 83.3 Å². The molecule has 7 nitrogen and oxygen atoms in total. The molecule has 0 aliphatic heterocycles. The van der Waals surface area contributed by atoms with Gasteiger partial charge in [-0.05, 0) is 25.1 Å². The number of pyridine rings is 1. The normalized spacial score (nSPS) is 10.7. The van der Waals surface area contributed by atoms with Crippen molar-refractivity contribution in [3.63, 3.8) is 0 Å². The van der Waals surface area contributed by atoms with Gasteiger partial charge in [0.25, 0.3) is 0 Å². The number of carbonyl (C=O) groups excluding carboxylic acids is 2. The molecule has 2 heterocycles. The fourth-order valence-electron chi connectivity index (χ4n) is 2.51. The van der Waals surface area contributed by atoms with Gasteiger partial charge in [0.2, 0.25) is 0 Å². The van der Waals surface area contributed by atoms with Crippen molar-refractivity contribution < 1.29 is 19.1 Å². The lowest BCUT2D eigenvalue weighted by atomic mass is 10.1. The second-order valence-corrected chi connectivity index (χ2v) is 5.54. The van der Waals surface area contributed by atoms with E-state index in [0.29, 0.717) is 17.0 Å². The lowest BCUT2D eigenvalue weighted by molar-refractivity contribution is 0.0474. The number of esters is 1. The molecule has 0 atom stereocenters. The number of ketones is 1. The lowest BCUT2D eigenvalue weighted by Gasteiger charge is -2.06. The van der Waals surface area contributed by atoms with E-state index in [1.54, 1.807) is 42.1 Å². The molecule has 0 bridgehead atoms. The Labute approximate surface area is 144 Å². The minimum atomic E-state index is -0.603. The number of hydrogen-bond donors (Lipinski definition) is 0. The summed E-state index contributed by atoms with van der Waals surface area (Å²) in [5.41, 5.74) is 2.15. The molecule has 0 N–H and O–H groups in total. The highest BCUT2D eigenvalue weighted by atomic mass is 16.5. The van der Waals surface area contributed by atoms with E-state index in [9.17, 15) is 9.59 Å². The maximum atomic E-state index is 12.2. The number of benzene rings is 1. The van der Waals surface area contributed by atoms with Crippen LogP contribution in [-0.2, 0) is 11.8 Å². The van der Waals surface area contributed by atoms with Gasteiger partial charge in [0, 0.05) is 24.2 Å². The number of rotatable bonds is 5. The van der Waals surface area contributed by atoms with Crippen molar-refractivity contribution in [2.45, 2.75) is 6.92 Å². The van der Waals surface area contributed by atoms with Gasteiger partial charge >= 0.3 is 5.97 Å². The van der Waals surface area contributed by atoms with E-state index < -0.39 is 5.97 Å². The Morgan fingerprint density at radius 2 is 2.00 bits per heavy atom. The monoisotopic (exact) mass is 339 g/mol.